The van der Waals surface area contributed by atoms with Crippen molar-refractivity contribution < 1.29 is 14.3 Å². The minimum atomic E-state index is -0.817. The number of nitrogens with zero attached hydrogens (tertiary/aromatic N) is 5. The SMILES string of the molecule is CN(C)c1ccnc(NC2CCC(NC(=O)[C@H](Cc3cn(Cc4ccccc4)cn3)NC(=O)OC(C)(C)C)CC2)n1. The van der Waals surface area contributed by atoms with Crippen LogP contribution in [0.15, 0.2) is 55.1 Å². The van der Waals surface area contributed by atoms with Gasteiger partial charge in [-0.1, -0.05) is 30.3 Å². The van der Waals surface area contributed by atoms with Gasteiger partial charge in [0.15, 0.2) is 0 Å². The van der Waals surface area contributed by atoms with Crippen molar-refractivity contribution in [1.29, 1.82) is 0 Å². The Labute approximate surface area is 242 Å². The molecule has 0 spiro atoms. The van der Waals surface area contributed by atoms with Crippen LogP contribution in [0.5, 0.6) is 0 Å². The second-order valence-corrected chi connectivity index (χ2v) is 11.8. The van der Waals surface area contributed by atoms with Crippen LogP contribution in [0.1, 0.15) is 57.7 Å². The van der Waals surface area contributed by atoms with Crippen LogP contribution in [0.3, 0.4) is 0 Å². The normalized spacial score (nSPS) is 17.8. The molecule has 0 unspecified atom stereocenters. The maximum Gasteiger partial charge on any atom is 0.408 e. The number of aromatic nitrogens is 4. The van der Waals surface area contributed by atoms with E-state index in [0.29, 0.717) is 18.2 Å². The molecular weight excluding hydrogens is 520 g/mol. The number of carbonyl (C=O) groups excluding carboxylic acids is 2. The lowest BCUT2D eigenvalue weighted by Gasteiger charge is -2.31. The van der Waals surface area contributed by atoms with Gasteiger partial charge in [0.25, 0.3) is 0 Å². The summed E-state index contributed by atoms with van der Waals surface area (Å²) in [5.74, 6) is 1.21. The Hall–Kier alpha value is -4.15. The third-order valence-corrected chi connectivity index (χ3v) is 6.82. The first-order chi connectivity index (χ1) is 19.5. The van der Waals surface area contributed by atoms with E-state index in [0.717, 1.165) is 37.1 Å². The molecule has 1 saturated carbocycles. The highest BCUT2D eigenvalue weighted by molar-refractivity contribution is 5.86. The summed E-state index contributed by atoms with van der Waals surface area (Å²) in [7, 11) is 3.89. The van der Waals surface area contributed by atoms with Gasteiger partial charge in [0, 0.05) is 51.5 Å². The van der Waals surface area contributed by atoms with Gasteiger partial charge in [-0.2, -0.15) is 4.98 Å². The van der Waals surface area contributed by atoms with Crippen molar-refractivity contribution in [3.63, 3.8) is 0 Å². The molecule has 1 atom stereocenters. The molecule has 2 aromatic heterocycles. The number of rotatable bonds is 10. The fourth-order valence-corrected chi connectivity index (χ4v) is 4.79. The predicted octanol–water partition coefficient (Wildman–Crippen LogP) is 3.76. The summed E-state index contributed by atoms with van der Waals surface area (Å²) in [6.45, 7) is 6.05. The molecule has 220 valence electrons. The van der Waals surface area contributed by atoms with Gasteiger partial charge in [0.2, 0.25) is 11.9 Å². The maximum absolute atomic E-state index is 13.4. The summed E-state index contributed by atoms with van der Waals surface area (Å²) < 4.78 is 7.42. The largest absolute Gasteiger partial charge is 0.444 e. The molecule has 4 rings (SSSR count). The monoisotopic (exact) mass is 562 g/mol. The lowest BCUT2D eigenvalue weighted by molar-refractivity contribution is -0.124. The Balaban J connectivity index is 1.34. The van der Waals surface area contributed by atoms with Crippen LogP contribution in [0, 0.1) is 0 Å². The first kappa shape index (κ1) is 29.8. The van der Waals surface area contributed by atoms with E-state index in [2.05, 4.69) is 43.0 Å². The van der Waals surface area contributed by atoms with E-state index >= 15 is 0 Å². The number of nitrogens with one attached hydrogen (secondary N) is 3. The van der Waals surface area contributed by atoms with E-state index in [1.807, 2.05) is 54.0 Å². The number of benzene rings is 1. The fourth-order valence-electron chi connectivity index (χ4n) is 4.79. The minimum Gasteiger partial charge on any atom is -0.444 e. The Morgan fingerprint density at radius 3 is 2.44 bits per heavy atom. The number of hydrogen-bond donors (Lipinski definition) is 3. The molecule has 1 aromatic carbocycles. The Kier molecular flexibility index (Phi) is 9.80. The second kappa shape index (κ2) is 13.5. The first-order valence-corrected chi connectivity index (χ1v) is 14.2. The lowest BCUT2D eigenvalue weighted by atomic mass is 9.91. The van der Waals surface area contributed by atoms with Gasteiger partial charge in [-0.15, -0.1) is 0 Å². The van der Waals surface area contributed by atoms with Crippen LogP contribution in [0.4, 0.5) is 16.6 Å². The molecule has 0 bridgehead atoms. The lowest BCUT2D eigenvalue weighted by Crippen LogP contribution is -2.52. The van der Waals surface area contributed by atoms with Gasteiger partial charge >= 0.3 is 6.09 Å². The van der Waals surface area contributed by atoms with E-state index in [1.54, 1.807) is 33.3 Å². The molecule has 3 N–H and O–H groups in total. The molecule has 2 heterocycles. The molecule has 0 aliphatic heterocycles. The van der Waals surface area contributed by atoms with E-state index in [4.69, 9.17) is 4.74 Å². The number of carbonyl (C=O) groups is 2. The van der Waals surface area contributed by atoms with Crippen LogP contribution < -0.4 is 20.9 Å². The van der Waals surface area contributed by atoms with Crippen LogP contribution in [-0.2, 0) is 22.5 Å². The molecular formula is C30H42N8O3. The molecule has 2 amide bonds. The average molecular weight is 563 g/mol. The van der Waals surface area contributed by atoms with Crippen molar-refractivity contribution in [3.05, 3.63) is 66.4 Å². The highest BCUT2D eigenvalue weighted by Crippen LogP contribution is 2.22. The van der Waals surface area contributed by atoms with Gasteiger partial charge in [-0.25, -0.2) is 14.8 Å². The average Bonchev–Trinajstić information content (AvgIpc) is 3.35. The van der Waals surface area contributed by atoms with Crippen LogP contribution in [-0.4, -0.2) is 69.3 Å². The van der Waals surface area contributed by atoms with E-state index < -0.39 is 17.7 Å². The number of imidazole rings is 1. The molecule has 1 aliphatic rings. The number of ether oxygens (including phenoxy) is 1. The number of alkyl carbamates (subject to hydrolysis) is 1. The molecule has 41 heavy (non-hydrogen) atoms. The summed E-state index contributed by atoms with van der Waals surface area (Å²) in [4.78, 5) is 41.4. The van der Waals surface area contributed by atoms with Crippen molar-refractivity contribution >= 4 is 23.8 Å². The summed E-state index contributed by atoms with van der Waals surface area (Å²) in [6.07, 6.45) is 8.38. The fraction of sp³-hybridized carbons (Fsp3) is 0.500. The zero-order valence-corrected chi connectivity index (χ0v) is 24.6. The van der Waals surface area contributed by atoms with Crippen molar-refractivity contribution in [1.82, 2.24) is 30.2 Å². The van der Waals surface area contributed by atoms with Crippen molar-refractivity contribution in [2.24, 2.45) is 0 Å². The summed E-state index contributed by atoms with van der Waals surface area (Å²) in [6, 6.07) is 11.4. The second-order valence-electron chi connectivity index (χ2n) is 11.8. The Morgan fingerprint density at radius 1 is 1.05 bits per heavy atom. The molecule has 0 saturated heterocycles. The van der Waals surface area contributed by atoms with Gasteiger partial charge in [-0.3, -0.25) is 4.79 Å². The van der Waals surface area contributed by atoms with Gasteiger partial charge in [0.1, 0.15) is 17.5 Å². The zero-order chi connectivity index (χ0) is 29.4. The van der Waals surface area contributed by atoms with Crippen LogP contribution in [0.25, 0.3) is 0 Å². The third-order valence-electron chi connectivity index (χ3n) is 6.82. The van der Waals surface area contributed by atoms with Gasteiger partial charge in [-0.05, 0) is 58.1 Å². The molecule has 1 aliphatic carbocycles. The standard InChI is InChI=1S/C30H42N8O3/c1-30(2,3)41-29(40)35-25(17-24-19-38(20-32-24)18-21-9-7-6-8-10-21)27(39)33-22-11-13-23(14-12-22)34-28-31-16-15-26(36-28)37(4)5/h6-10,15-16,19-20,22-23,25H,11-14,17-18H2,1-5H3,(H,33,39)(H,35,40)(H,31,34,36)/t22?,23?,25-/m0/s1. The molecule has 11 nitrogen and oxygen atoms in total. The molecule has 11 heteroatoms. The summed E-state index contributed by atoms with van der Waals surface area (Å²) in [5, 5.41) is 9.35. The first-order valence-electron chi connectivity index (χ1n) is 14.2. The smallest absolute Gasteiger partial charge is 0.408 e. The molecule has 1 fully saturated rings. The number of hydrogen-bond acceptors (Lipinski definition) is 8. The van der Waals surface area contributed by atoms with Crippen LogP contribution >= 0.6 is 0 Å². The predicted molar refractivity (Wildman–Crippen MR) is 159 cm³/mol. The molecule has 0 radical (unpaired) electrons. The number of amides is 2. The van der Waals surface area contributed by atoms with Gasteiger partial charge in [0.05, 0.1) is 12.0 Å². The summed E-state index contributed by atoms with van der Waals surface area (Å²) in [5.41, 5.74) is 1.19. The topological polar surface area (TPSA) is 126 Å². The minimum absolute atomic E-state index is 0.00755. The third kappa shape index (κ3) is 9.47. The van der Waals surface area contributed by atoms with E-state index in [-0.39, 0.29) is 24.4 Å². The zero-order valence-electron chi connectivity index (χ0n) is 24.6. The van der Waals surface area contributed by atoms with E-state index in [9.17, 15) is 9.59 Å². The van der Waals surface area contributed by atoms with Crippen molar-refractivity contribution in [2.75, 3.05) is 24.3 Å². The molecule has 3 aromatic rings. The summed E-state index contributed by atoms with van der Waals surface area (Å²) >= 11 is 0. The highest BCUT2D eigenvalue weighted by atomic mass is 16.6. The number of anilines is 2. The maximum atomic E-state index is 13.4. The van der Waals surface area contributed by atoms with Crippen LogP contribution in [0.2, 0.25) is 0 Å². The van der Waals surface area contributed by atoms with Crippen molar-refractivity contribution in [3.8, 4) is 0 Å². The van der Waals surface area contributed by atoms with E-state index in [1.165, 1.54) is 0 Å². The Morgan fingerprint density at radius 2 is 1.76 bits per heavy atom. The Bertz CT molecular complexity index is 1280. The highest BCUT2D eigenvalue weighted by Gasteiger charge is 2.29. The van der Waals surface area contributed by atoms with Gasteiger partial charge < -0.3 is 30.2 Å². The quantitative estimate of drug-likeness (QED) is 0.341. The van der Waals surface area contributed by atoms with Crippen molar-refractivity contribution in [2.45, 2.75) is 83.1 Å².